The fourth-order valence-electron chi connectivity index (χ4n) is 1.59. The van der Waals surface area contributed by atoms with Gasteiger partial charge in [0.1, 0.15) is 11.4 Å². The second-order valence-electron chi connectivity index (χ2n) is 5.18. The van der Waals surface area contributed by atoms with Crippen LogP contribution in [0.2, 0.25) is 0 Å². The summed E-state index contributed by atoms with van der Waals surface area (Å²) in [6.45, 7) is 5.39. The van der Waals surface area contributed by atoms with Gasteiger partial charge >= 0.3 is 5.97 Å². The molecule has 0 bridgehead atoms. The van der Waals surface area contributed by atoms with Crippen LogP contribution >= 0.6 is 0 Å². The van der Waals surface area contributed by atoms with Gasteiger partial charge in [-0.25, -0.2) is 4.79 Å². The average Bonchev–Trinajstić information content (AvgIpc) is 2.45. The molecule has 0 aliphatic heterocycles. The van der Waals surface area contributed by atoms with E-state index in [1.165, 1.54) is 0 Å². The zero-order valence-electron chi connectivity index (χ0n) is 12.4. The van der Waals surface area contributed by atoms with E-state index in [0.717, 1.165) is 5.56 Å². The highest BCUT2D eigenvalue weighted by molar-refractivity contribution is 5.75. The summed E-state index contributed by atoms with van der Waals surface area (Å²) in [7, 11) is 0. The molecule has 1 aromatic rings. The summed E-state index contributed by atoms with van der Waals surface area (Å²) in [6, 6.07) is 7.20. The molecular formula is C14H20N4O3. The maximum Gasteiger partial charge on any atom is 0.347 e. The summed E-state index contributed by atoms with van der Waals surface area (Å²) in [5.41, 5.74) is 13.9. The number of benzene rings is 1. The fraction of sp³-hybridized carbons (Fsp3) is 0.500. The Labute approximate surface area is 123 Å². The van der Waals surface area contributed by atoms with E-state index < -0.39 is 17.7 Å². The molecule has 0 aliphatic rings. The number of nitrogens with zero attached hydrogens (tertiary/aromatic N) is 3. The Bertz CT molecular complexity index is 539. The van der Waals surface area contributed by atoms with Crippen molar-refractivity contribution in [3.05, 3.63) is 40.3 Å². The van der Waals surface area contributed by atoms with Crippen LogP contribution in [0.25, 0.3) is 10.4 Å². The predicted molar refractivity (Wildman–Crippen MR) is 78.6 cm³/mol. The molecule has 0 saturated carbocycles. The third kappa shape index (κ3) is 5.72. The minimum absolute atomic E-state index is 0.0601. The van der Waals surface area contributed by atoms with Crippen LogP contribution in [0.4, 0.5) is 0 Å². The molecule has 0 unspecified atom stereocenters. The van der Waals surface area contributed by atoms with E-state index >= 15 is 0 Å². The quantitative estimate of drug-likeness (QED) is 0.360. The number of ether oxygens (including phenoxy) is 2. The van der Waals surface area contributed by atoms with Crippen molar-refractivity contribution in [2.75, 3.05) is 6.54 Å². The van der Waals surface area contributed by atoms with Crippen LogP contribution in [0.1, 0.15) is 26.3 Å². The molecule has 0 aliphatic carbocycles. The largest absolute Gasteiger partial charge is 0.479 e. The second-order valence-corrected chi connectivity index (χ2v) is 5.18. The molecule has 1 rings (SSSR count). The van der Waals surface area contributed by atoms with Crippen LogP contribution in [0.3, 0.4) is 0 Å². The molecule has 0 heterocycles. The lowest BCUT2D eigenvalue weighted by molar-refractivity contribution is -0.163. The minimum atomic E-state index is -0.875. The van der Waals surface area contributed by atoms with Crippen molar-refractivity contribution >= 4 is 5.97 Å². The zero-order chi connectivity index (χ0) is 15.9. The Morgan fingerprint density at radius 3 is 2.86 bits per heavy atom. The molecule has 0 radical (unpaired) electrons. The summed E-state index contributed by atoms with van der Waals surface area (Å²) >= 11 is 0. The third-order valence-electron chi connectivity index (χ3n) is 2.67. The first-order valence-corrected chi connectivity index (χ1v) is 6.57. The van der Waals surface area contributed by atoms with Crippen LogP contribution in [0.5, 0.6) is 5.75 Å². The van der Waals surface area contributed by atoms with Crippen molar-refractivity contribution in [2.24, 2.45) is 10.8 Å². The van der Waals surface area contributed by atoms with Crippen molar-refractivity contribution in [3.63, 3.8) is 0 Å². The van der Waals surface area contributed by atoms with Gasteiger partial charge in [0.15, 0.2) is 6.10 Å². The van der Waals surface area contributed by atoms with Gasteiger partial charge in [-0.05, 0) is 44.0 Å². The van der Waals surface area contributed by atoms with E-state index in [9.17, 15) is 4.79 Å². The molecule has 7 heteroatoms. The maximum atomic E-state index is 12.0. The monoisotopic (exact) mass is 292 g/mol. The van der Waals surface area contributed by atoms with Crippen LogP contribution in [0.15, 0.2) is 29.4 Å². The van der Waals surface area contributed by atoms with Crippen LogP contribution in [0, 0.1) is 0 Å². The average molecular weight is 292 g/mol. The van der Waals surface area contributed by atoms with E-state index in [0.29, 0.717) is 12.3 Å². The lowest BCUT2D eigenvalue weighted by Crippen LogP contribution is -2.37. The van der Waals surface area contributed by atoms with Gasteiger partial charge in [-0.1, -0.05) is 17.2 Å². The van der Waals surface area contributed by atoms with Gasteiger partial charge in [-0.3, -0.25) is 0 Å². The molecule has 1 atom stereocenters. The van der Waals surface area contributed by atoms with Crippen LogP contribution in [-0.4, -0.2) is 24.2 Å². The van der Waals surface area contributed by atoms with Gasteiger partial charge in [0, 0.05) is 11.5 Å². The first-order valence-electron chi connectivity index (χ1n) is 6.57. The molecule has 1 aromatic carbocycles. The van der Waals surface area contributed by atoms with Crippen molar-refractivity contribution in [2.45, 2.75) is 39.0 Å². The molecule has 0 saturated heterocycles. The van der Waals surface area contributed by atoms with Crippen molar-refractivity contribution < 1.29 is 14.3 Å². The molecule has 0 spiro atoms. The van der Waals surface area contributed by atoms with Gasteiger partial charge in [-0.15, -0.1) is 0 Å². The van der Waals surface area contributed by atoms with E-state index in [1.54, 1.807) is 39.0 Å². The van der Waals surface area contributed by atoms with Crippen LogP contribution in [-0.2, 0) is 16.1 Å². The Balaban J connectivity index is 2.63. The number of rotatable bonds is 7. The summed E-state index contributed by atoms with van der Waals surface area (Å²) < 4.78 is 10.8. The Morgan fingerprint density at radius 2 is 2.24 bits per heavy atom. The minimum Gasteiger partial charge on any atom is -0.479 e. The number of carbonyl (C=O) groups is 1. The third-order valence-corrected chi connectivity index (χ3v) is 2.67. The number of hydrogen-bond acceptors (Lipinski definition) is 5. The van der Waals surface area contributed by atoms with Gasteiger partial charge in [0.05, 0.1) is 6.54 Å². The molecule has 21 heavy (non-hydrogen) atoms. The number of nitrogens with two attached hydrogens (primary N) is 1. The van der Waals surface area contributed by atoms with E-state index in [1.807, 2.05) is 6.07 Å². The highest BCUT2D eigenvalue weighted by atomic mass is 16.6. The zero-order valence-corrected chi connectivity index (χ0v) is 12.4. The standard InChI is InChI=1S/C14H20N4O3/c1-10(13(19)21-14(2,3)9-17-18-16)20-12-6-4-5-11(7-12)8-15/h4-7,10H,8-9,15H2,1-3H3/t10-/m0/s1. The first-order chi connectivity index (χ1) is 9.88. The highest BCUT2D eigenvalue weighted by Gasteiger charge is 2.26. The molecule has 114 valence electrons. The Hall–Kier alpha value is -2.24. The maximum absolute atomic E-state index is 12.0. The van der Waals surface area contributed by atoms with E-state index in [-0.39, 0.29) is 6.54 Å². The number of azide groups is 1. The highest BCUT2D eigenvalue weighted by Crippen LogP contribution is 2.17. The first kappa shape index (κ1) is 16.8. The second kappa shape index (κ2) is 7.52. The van der Waals surface area contributed by atoms with Crippen LogP contribution < -0.4 is 10.5 Å². The lowest BCUT2D eigenvalue weighted by Gasteiger charge is -2.25. The van der Waals surface area contributed by atoms with Gasteiger partial charge < -0.3 is 15.2 Å². The van der Waals surface area contributed by atoms with E-state index in [2.05, 4.69) is 10.0 Å². The molecule has 0 fully saturated rings. The van der Waals surface area contributed by atoms with E-state index in [4.69, 9.17) is 20.7 Å². The summed E-state index contributed by atoms with van der Waals surface area (Å²) in [4.78, 5) is 14.6. The number of esters is 1. The normalized spacial score (nSPS) is 12.2. The van der Waals surface area contributed by atoms with Gasteiger partial charge in [0.2, 0.25) is 0 Å². The molecule has 7 nitrogen and oxygen atoms in total. The fourth-order valence-corrected chi connectivity index (χ4v) is 1.59. The smallest absolute Gasteiger partial charge is 0.347 e. The van der Waals surface area contributed by atoms with Gasteiger partial charge in [0.25, 0.3) is 0 Å². The van der Waals surface area contributed by atoms with Crippen molar-refractivity contribution in [1.29, 1.82) is 0 Å². The number of hydrogen-bond donors (Lipinski definition) is 1. The molecule has 2 N–H and O–H groups in total. The van der Waals surface area contributed by atoms with Gasteiger partial charge in [-0.2, -0.15) is 0 Å². The predicted octanol–water partition coefficient (Wildman–Crippen LogP) is 2.54. The SMILES string of the molecule is C[C@H](Oc1cccc(CN)c1)C(=O)OC(C)(C)CN=[N+]=[N-]. The Morgan fingerprint density at radius 1 is 1.52 bits per heavy atom. The summed E-state index contributed by atoms with van der Waals surface area (Å²) in [5, 5.41) is 3.41. The Kier molecular flexibility index (Phi) is 6.02. The molecule has 0 aromatic heterocycles. The topological polar surface area (TPSA) is 110 Å². The summed E-state index contributed by atoms with van der Waals surface area (Å²) in [6.07, 6.45) is -0.775. The lowest BCUT2D eigenvalue weighted by atomic mass is 10.1. The van der Waals surface area contributed by atoms with Crippen molar-refractivity contribution in [1.82, 2.24) is 0 Å². The summed E-state index contributed by atoms with van der Waals surface area (Å²) in [5.74, 6) is 0.0292. The van der Waals surface area contributed by atoms with Crippen molar-refractivity contribution in [3.8, 4) is 5.75 Å². The molecular weight excluding hydrogens is 272 g/mol. The number of carbonyl (C=O) groups excluding carboxylic acids is 1. The molecule has 0 amide bonds.